The Balaban J connectivity index is 1.61. The van der Waals surface area contributed by atoms with E-state index in [4.69, 9.17) is 18.9 Å². The predicted octanol–water partition coefficient (Wildman–Crippen LogP) is 3.94. The average Bonchev–Trinajstić information content (AvgIpc) is 3.02. The highest BCUT2D eigenvalue weighted by Crippen LogP contribution is 2.19. The summed E-state index contributed by atoms with van der Waals surface area (Å²) in [6.45, 7) is 11.8. The first-order valence-corrected chi connectivity index (χ1v) is 17.0. The summed E-state index contributed by atoms with van der Waals surface area (Å²) in [6.07, 6.45) is -1.37. The largest absolute Gasteiger partial charge is 0.486 e. The average molecular weight is 686 g/mol. The van der Waals surface area contributed by atoms with Crippen LogP contribution in [-0.4, -0.2) is 96.6 Å². The second-order valence-electron chi connectivity index (χ2n) is 14.5. The first-order chi connectivity index (χ1) is 23.1. The van der Waals surface area contributed by atoms with Gasteiger partial charge in [0.05, 0.1) is 24.3 Å². The topological polar surface area (TPSA) is 165 Å². The summed E-state index contributed by atoms with van der Waals surface area (Å²) in [5.74, 6) is 0.559. The van der Waals surface area contributed by atoms with Crippen LogP contribution in [0.2, 0.25) is 0 Å². The maximum atomic E-state index is 12.7. The molecule has 2 amide bonds. The fourth-order valence-electron chi connectivity index (χ4n) is 5.28. The van der Waals surface area contributed by atoms with Crippen molar-refractivity contribution in [3.8, 4) is 5.75 Å². The Bertz CT molecular complexity index is 1300. The molecule has 0 aromatic heterocycles. The van der Waals surface area contributed by atoms with E-state index in [-0.39, 0.29) is 37.8 Å². The molecule has 4 unspecified atom stereocenters. The number of ketones is 1. The lowest BCUT2D eigenvalue weighted by atomic mass is 9.96. The third-order valence-corrected chi connectivity index (χ3v) is 7.78. The lowest BCUT2D eigenvalue weighted by Gasteiger charge is -2.29. The number of nitrogens with one attached hydrogen (secondary N) is 3. The lowest BCUT2D eigenvalue weighted by Crippen LogP contribution is -2.53. The van der Waals surface area contributed by atoms with E-state index in [1.807, 2.05) is 42.5 Å². The predicted molar refractivity (Wildman–Crippen MR) is 186 cm³/mol. The summed E-state index contributed by atoms with van der Waals surface area (Å²) in [5, 5.41) is 31.0. The smallest absolute Gasteiger partial charge is 0.407 e. The van der Waals surface area contributed by atoms with Gasteiger partial charge in [-0.05, 0) is 90.5 Å². The van der Waals surface area contributed by atoms with Gasteiger partial charge < -0.3 is 45.1 Å². The molecule has 1 aliphatic heterocycles. The molecule has 0 radical (unpaired) electrons. The number of aliphatic hydroxyl groups excluding tert-OH is 2. The number of carbonyl (C=O) groups excluding carboxylic acids is 3. The zero-order valence-corrected chi connectivity index (χ0v) is 29.7. The van der Waals surface area contributed by atoms with Crippen LogP contribution in [0.1, 0.15) is 65.5 Å². The zero-order chi connectivity index (χ0) is 36.0. The Kier molecular flexibility index (Phi) is 15.3. The van der Waals surface area contributed by atoms with Crippen molar-refractivity contribution in [2.75, 3.05) is 32.9 Å². The second-order valence-corrected chi connectivity index (χ2v) is 14.5. The van der Waals surface area contributed by atoms with Crippen LogP contribution in [0, 0.1) is 5.92 Å². The normalized spacial score (nSPS) is 16.5. The number of amides is 2. The maximum Gasteiger partial charge on any atom is 0.407 e. The van der Waals surface area contributed by atoms with Crippen molar-refractivity contribution >= 4 is 18.0 Å². The van der Waals surface area contributed by atoms with Crippen LogP contribution < -0.4 is 20.7 Å². The minimum Gasteiger partial charge on any atom is -0.486 e. The summed E-state index contributed by atoms with van der Waals surface area (Å²) in [4.78, 5) is 37.8. The van der Waals surface area contributed by atoms with Crippen LogP contribution in [0.15, 0.2) is 54.6 Å². The SMILES string of the molecule is CC(C)(C)OC(=O)NC(Cc1ccccc1)C(O)CNCC(O)C(Cc1ccc(OCC(=O)C2CCOCC2)cc1)NC(=O)OC(C)(C)C. The number of rotatable bonds is 16. The van der Waals surface area contributed by atoms with Gasteiger partial charge in [-0.25, -0.2) is 9.59 Å². The van der Waals surface area contributed by atoms with Crippen LogP contribution >= 0.6 is 0 Å². The third-order valence-electron chi connectivity index (χ3n) is 7.78. The summed E-state index contributed by atoms with van der Waals surface area (Å²) < 4.78 is 21.9. The molecule has 0 spiro atoms. The van der Waals surface area contributed by atoms with E-state index in [2.05, 4.69) is 16.0 Å². The minimum absolute atomic E-state index is 0.0113. The molecule has 1 fully saturated rings. The molecule has 0 aliphatic carbocycles. The van der Waals surface area contributed by atoms with Crippen molar-refractivity contribution in [1.82, 2.24) is 16.0 Å². The standard InChI is InChI=1S/C37H55N3O9/c1-36(2,3)48-34(44)39-29(20-25-10-8-7-9-11-25)31(41)22-38-23-32(42)30(40-35(45)49-37(4,5)6)21-26-12-14-28(15-13-26)47-24-33(43)27-16-18-46-19-17-27/h7-15,27,29-32,38,41-42H,16-24H2,1-6H3,(H,39,44)(H,40,45). The van der Waals surface area contributed by atoms with Gasteiger partial charge in [-0.3, -0.25) is 4.79 Å². The molecule has 1 saturated heterocycles. The monoisotopic (exact) mass is 685 g/mol. The molecule has 2 aromatic rings. The first-order valence-electron chi connectivity index (χ1n) is 17.0. The Hall–Kier alpha value is -3.71. The summed E-state index contributed by atoms with van der Waals surface area (Å²) >= 11 is 0. The fraction of sp³-hybridized carbons (Fsp3) is 0.595. The van der Waals surface area contributed by atoms with Gasteiger partial charge >= 0.3 is 12.2 Å². The maximum absolute atomic E-state index is 12.7. The molecule has 12 nitrogen and oxygen atoms in total. The van der Waals surface area contributed by atoms with E-state index in [0.717, 1.165) is 11.1 Å². The van der Waals surface area contributed by atoms with E-state index in [1.165, 1.54) is 0 Å². The molecule has 12 heteroatoms. The van der Waals surface area contributed by atoms with Crippen LogP contribution in [0.25, 0.3) is 0 Å². The molecule has 5 N–H and O–H groups in total. The van der Waals surface area contributed by atoms with Crippen LogP contribution in [0.4, 0.5) is 9.59 Å². The van der Waals surface area contributed by atoms with E-state index < -0.39 is 47.7 Å². The van der Waals surface area contributed by atoms with Gasteiger partial charge in [0.25, 0.3) is 0 Å². The highest BCUT2D eigenvalue weighted by Gasteiger charge is 2.28. The van der Waals surface area contributed by atoms with Crippen LogP contribution in [0.3, 0.4) is 0 Å². The zero-order valence-electron chi connectivity index (χ0n) is 29.7. The molecule has 4 atom stereocenters. The van der Waals surface area contributed by atoms with Gasteiger partial charge in [0.1, 0.15) is 23.6 Å². The molecule has 49 heavy (non-hydrogen) atoms. The van der Waals surface area contributed by atoms with Gasteiger partial charge in [-0.2, -0.15) is 0 Å². The molecule has 0 bridgehead atoms. The molecular formula is C37H55N3O9. The third kappa shape index (κ3) is 15.6. The van der Waals surface area contributed by atoms with E-state index in [1.54, 1.807) is 53.7 Å². The Morgan fingerprint density at radius 1 is 0.755 bits per heavy atom. The highest BCUT2D eigenvalue weighted by atomic mass is 16.6. The fourth-order valence-corrected chi connectivity index (χ4v) is 5.28. The van der Waals surface area contributed by atoms with Crippen LogP contribution in [0.5, 0.6) is 5.75 Å². The van der Waals surface area contributed by atoms with Gasteiger partial charge in [-0.15, -0.1) is 0 Å². The van der Waals surface area contributed by atoms with Crippen molar-refractivity contribution < 1.29 is 43.5 Å². The Morgan fingerprint density at radius 2 is 1.22 bits per heavy atom. The van der Waals surface area contributed by atoms with Crippen LogP contribution in [-0.2, 0) is 31.8 Å². The number of carbonyl (C=O) groups is 3. The van der Waals surface area contributed by atoms with Crippen molar-refractivity contribution in [2.45, 2.75) is 103 Å². The number of hydrogen-bond donors (Lipinski definition) is 5. The van der Waals surface area contributed by atoms with Gasteiger partial charge in [0.2, 0.25) is 0 Å². The number of ether oxygens (including phenoxy) is 4. The van der Waals surface area contributed by atoms with Crippen molar-refractivity contribution in [3.63, 3.8) is 0 Å². The molecule has 1 heterocycles. The summed E-state index contributed by atoms with van der Waals surface area (Å²) in [7, 11) is 0. The van der Waals surface area contributed by atoms with E-state index >= 15 is 0 Å². The first kappa shape index (κ1) is 39.7. The summed E-state index contributed by atoms with van der Waals surface area (Å²) in [5.41, 5.74) is 0.291. The number of aliphatic hydroxyl groups is 2. The van der Waals surface area contributed by atoms with Gasteiger partial charge in [0.15, 0.2) is 5.78 Å². The highest BCUT2D eigenvalue weighted by molar-refractivity contribution is 5.82. The number of Topliss-reactive ketones (excluding diaryl/α,β-unsaturated/α-hetero) is 1. The molecule has 1 aliphatic rings. The lowest BCUT2D eigenvalue weighted by molar-refractivity contribution is -0.127. The number of benzene rings is 2. The Morgan fingerprint density at radius 3 is 1.69 bits per heavy atom. The molecule has 0 saturated carbocycles. The summed E-state index contributed by atoms with van der Waals surface area (Å²) in [6, 6.07) is 15.2. The number of alkyl carbamates (subject to hydrolysis) is 2. The second kappa shape index (κ2) is 18.9. The number of hydrogen-bond acceptors (Lipinski definition) is 10. The van der Waals surface area contributed by atoms with E-state index in [9.17, 15) is 24.6 Å². The quantitative estimate of drug-likeness (QED) is 0.175. The van der Waals surface area contributed by atoms with Crippen molar-refractivity contribution in [1.29, 1.82) is 0 Å². The molecule has 2 aromatic carbocycles. The van der Waals surface area contributed by atoms with E-state index in [0.29, 0.717) is 38.2 Å². The van der Waals surface area contributed by atoms with Crippen molar-refractivity contribution in [3.05, 3.63) is 65.7 Å². The van der Waals surface area contributed by atoms with Crippen molar-refractivity contribution in [2.24, 2.45) is 5.92 Å². The Labute approximate surface area is 290 Å². The minimum atomic E-state index is -1.07. The molecular weight excluding hydrogens is 630 g/mol. The van der Waals surface area contributed by atoms with Gasteiger partial charge in [0, 0.05) is 32.2 Å². The van der Waals surface area contributed by atoms with Gasteiger partial charge in [-0.1, -0.05) is 42.5 Å². The molecule has 272 valence electrons. The molecule has 3 rings (SSSR count).